The normalized spacial score (nSPS) is 10.8. The second kappa shape index (κ2) is 12.5. The molecule has 0 bridgehead atoms. The van der Waals surface area contributed by atoms with Gasteiger partial charge in [0, 0.05) is 24.0 Å². The van der Waals surface area contributed by atoms with E-state index < -0.39 is 11.8 Å². The van der Waals surface area contributed by atoms with Crippen LogP contribution in [0.1, 0.15) is 24.0 Å². The van der Waals surface area contributed by atoms with E-state index in [4.69, 9.17) is 18.9 Å². The molecule has 2 aromatic carbocycles. The number of hydrogen-bond acceptors (Lipinski definition) is 10. The van der Waals surface area contributed by atoms with Crippen LogP contribution >= 0.6 is 0 Å². The minimum atomic E-state index is -0.485. The molecule has 0 aromatic heterocycles. The summed E-state index contributed by atoms with van der Waals surface area (Å²) in [6, 6.07) is 6.05. The molecule has 0 spiro atoms. The van der Waals surface area contributed by atoms with Gasteiger partial charge < -0.3 is 29.2 Å². The molecule has 0 saturated carbocycles. The van der Waals surface area contributed by atoms with E-state index in [2.05, 4.69) is 21.1 Å². The topological polar surface area (TPSA) is 160 Å². The van der Waals surface area contributed by atoms with Crippen molar-refractivity contribution in [3.63, 3.8) is 0 Å². The minimum Gasteiger partial charge on any atom is -0.502 e. The summed E-state index contributed by atoms with van der Waals surface area (Å²) < 4.78 is 20.2. The van der Waals surface area contributed by atoms with E-state index in [-0.39, 0.29) is 47.3 Å². The van der Waals surface area contributed by atoms with E-state index >= 15 is 0 Å². The fraction of sp³-hybridized carbons (Fsp3) is 0.273. The summed E-state index contributed by atoms with van der Waals surface area (Å²) in [5.74, 6) is -0.515. The highest BCUT2D eigenvalue weighted by Gasteiger charge is 2.12. The number of carbonyl (C=O) groups excluding carboxylic acids is 2. The van der Waals surface area contributed by atoms with E-state index in [0.717, 1.165) is 0 Å². The highest BCUT2D eigenvalue weighted by Crippen LogP contribution is 2.37. The maximum Gasteiger partial charge on any atom is 0.240 e. The van der Waals surface area contributed by atoms with Crippen LogP contribution in [-0.2, 0) is 9.59 Å². The van der Waals surface area contributed by atoms with E-state index in [0.29, 0.717) is 11.1 Å². The largest absolute Gasteiger partial charge is 0.502 e. The summed E-state index contributed by atoms with van der Waals surface area (Å²) in [6.45, 7) is 0. The van der Waals surface area contributed by atoms with E-state index in [1.807, 2.05) is 0 Å². The van der Waals surface area contributed by atoms with Crippen molar-refractivity contribution in [2.75, 3.05) is 28.4 Å². The van der Waals surface area contributed by atoms with Gasteiger partial charge in [0.2, 0.25) is 23.3 Å². The molecule has 4 N–H and O–H groups in total. The zero-order valence-corrected chi connectivity index (χ0v) is 19.1. The molecule has 0 aliphatic rings. The standard InChI is InChI=1S/C22H26N4O8/c1-31-15-7-13(8-16(32-2)21(15)29)11-23-25-19(27)5-6-20(28)26-24-12-14-9-17(33-3)22(30)18(10-14)34-4/h7-12,29-30H,5-6H2,1-4H3,(H,25,27)(H,26,28)/b23-11+,24-12+. The molecule has 0 unspecified atom stereocenters. The highest BCUT2D eigenvalue weighted by atomic mass is 16.5. The van der Waals surface area contributed by atoms with Crippen molar-refractivity contribution in [2.45, 2.75) is 12.8 Å². The van der Waals surface area contributed by atoms with E-state index in [9.17, 15) is 19.8 Å². The number of amides is 2. The van der Waals surface area contributed by atoms with Gasteiger partial charge in [-0.15, -0.1) is 0 Å². The predicted octanol–water partition coefficient (Wildman–Crippen LogP) is 1.51. The summed E-state index contributed by atoms with van der Waals surface area (Å²) in [7, 11) is 5.57. The molecule has 2 aromatic rings. The second-order valence-electron chi connectivity index (χ2n) is 6.63. The van der Waals surface area contributed by atoms with Crippen LogP contribution in [0.15, 0.2) is 34.5 Å². The fourth-order valence-corrected chi connectivity index (χ4v) is 2.67. The van der Waals surface area contributed by atoms with Crippen molar-refractivity contribution in [3.8, 4) is 34.5 Å². The first-order chi connectivity index (χ1) is 16.3. The van der Waals surface area contributed by atoms with Crippen molar-refractivity contribution in [1.82, 2.24) is 10.9 Å². The number of ether oxygens (including phenoxy) is 4. The van der Waals surface area contributed by atoms with Gasteiger partial charge in [-0.3, -0.25) is 9.59 Å². The first kappa shape index (κ1) is 25.8. The van der Waals surface area contributed by atoms with E-state index in [1.54, 1.807) is 0 Å². The predicted molar refractivity (Wildman–Crippen MR) is 123 cm³/mol. The number of hydrogen-bond donors (Lipinski definition) is 4. The van der Waals surface area contributed by atoms with Crippen molar-refractivity contribution >= 4 is 24.2 Å². The lowest BCUT2D eigenvalue weighted by molar-refractivity contribution is -0.126. The van der Waals surface area contributed by atoms with Crippen LogP contribution in [0.3, 0.4) is 0 Å². The third-order valence-corrected chi connectivity index (χ3v) is 4.39. The Morgan fingerprint density at radius 2 is 1.00 bits per heavy atom. The first-order valence-corrected chi connectivity index (χ1v) is 9.86. The number of benzene rings is 2. The number of methoxy groups -OCH3 is 4. The molecule has 0 saturated heterocycles. The lowest BCUT2D eigenvalue weighted by Crippen LogP contribution is -2.22. The van der Waals surface area contributed by atoms with Gasteiger partial charge >= 0.3 is 0 Å². The Kier molecular flexibility index (Phi) is 9.50. The van der Waals surface area contributed by atoms with Gasteiger partial charge in [0.15, 0.2) is 23.0 Å². The zero-order chi connectivity index (χ0) is 25.1. The van der Waals surface area contributed by atoms with Gasteiger partial charge in [-0.05, 0) is 24.3 Å². The minimum absolute atomic E-state index is 0.123. The molecular formula is C22H26N4O8. The molecule has 34 heavy (non-hydrogen) atoms. The lowest BCUT2D eigenvalue weighted by Gasteiger charge is -2.09. The molecular weight excluding hydrogens is 448 g/mol. The molecule has 0 aliphatic heterocycles. The monoisotopic (exact) mass is 474 g/mol. The SMILES string of the molecule is COc1cc(/C=N/NC(=O)CCC(=O)N/N=C/c2cc(OC)c(O)c(OC)c2)cc(OC)c1O. The third-order valence-electron chi connectivity index (χ3n) is 4.39. The Morgan fingerprint density at radius 3 is 1.26 bits per heavy atom. The number of rotatable bonds is 11. The number of carbonyl (C=O) groups is 2. The molecule has 0 fully saturated rings. The molecule has 0 aliphatic carbocycles. The molecule has 0 atom stereocenters. The van der Waals surface area contributed by atoms with Gasteiger partial charge in [0.05, 0.1) is 40.9 Å². The van der Waals surface area contributed by atoms with Gasteiger partial charge in [-0.2, -0.15) is 10.2 Å². The quantitative estimate of drug-likeness (QED) is 0.282. The zero-order valence-electron chi connectivity index (χ0n) is 19.1. The number of phenolic OH excluding ortho intramolecular Hbond substituents is 2. The number of aromatic hydroxyl groups is 2. The average Bonchev–Trinajstić information content (AvgIpc) is 2.84. The van der Waals surface area contributed by atoms with Gasteiger partial charge in [0.1, 0.15) is 0 Å². The summed E-state index contributed by atoms with van der Waals surface area (Å²) in [5.41, 5.74) is 5.64. The van der Waals surface area contributed by atoms with Crippen LogP contribution in [0.5, 0.6) is 34.5 Å². The van der Waals surface area contributed by atoms with Gasteiger partial charge in [0.25, 0.3) is 0 Å². The molecule has 2 amide bonds. The van der Waals surface area contributed by atoms with Crippen LogP contribution in [0.4, 0.5) is 0 Å². The van der Waals surface area contributed by atoms with Crippen molar-refractivity contribution in [2.24, 2.45) is 10.2 Å². The number of nitrogens with one attached hydrogen (secondary N) is 2. The molecule has 2 rings (SSSR count). The third kappa shape index (κ3) is 7.02. The Balaban J connectivity index is 1.84. The number of nitrogens with zero attached hydrogens (tertiary/aromatic N) is 2. The summed E-state index contributed by atoms with van der Waals surface area (Å²) in [4.78, 5) is 23.8. The average molecular weight is 474 g/mol. The Hall–Kier alpha value is -4.48. The molecule has 182 valence electrons. The van der Waals surface area contributed by atoms with E-state index in [1.165, 1.54) is 65.1 Å². The summed E-state index contributed by atoms with van der Waals surface area (Å²) >= 11 is 0. The van der Waals surface area contributed by atoms with Crippen molar-refractivity contribution < 1.29 is 38.7 Å². The van der Waals surface area contributed by atoms with Crippen LogP contribution in [-0.4, -0.2) is 62.9 Å². The van der Waals surface area contributed by atoms with Crippen molar-refractivity contribution in [1.29, 1.82) is 0 Å². The molecule has 0 radical (unpaired) electrons. The Bertz CT molecular complexity index is 949. The number of hydrazone groups is 2. The first-order valence-electron chi connectivity index (χ1n) is 9.86. The smallest absolute Gasteiger partial charge is 0.240 e. The molecule has 12 nitrogen and oxygen atoms in total. The molecule has 0 heterocycles. The molecule has 12 heteroatoms. The lowest BCUT2D eigenvalue weighted by atomic mass is 10.2. The van der Waals surface area contributed by atoms with Crippen LogP contribution in [0.25, 0.3) is 0 Å². The van der Waals surface area contributed by atoms with Crippen molar-refractivity contribution in [3.05, 3.63) is 35.4 Å². The fourth-order valence-electron chi connectivity index (χ4n) is 2.67. The Morgan fingerprint density at radius 1 is 0.706 bits per heavy atom. The Labute approximate surface area is 195 Å². The van der Waals surface area contributed by atoms with Crippen LogP contribution in [0.2, 0.25) is 0 Å². The maximum atomic E-state index is 11.9. The summed E-state index contributed by atoms with van der Waals surface area (Å²) in [6.07, 6.45) is 2.43. The second-order valence-corrected chi connectivity index (χ2v) is 6.63. The summed E-state index contributed by atoms with van der Waals surface area (Å²) in [5, 5.41) is 27.4. The number of phenols is 2. The highest BCUT2D eigenvalue weighted by molar-refractivity contribution is 5.87. The van der Waals surface area contributed by atoms with Crippen LogP contribution < -0.4 is 29.8 Å². The van der Waals surface area contributed by atoms with Crippen LogP contribution in [0, 0.1) is 0 Å². The maximum absolute atomic E-state index is 11.9. The van der Waals surface area contributed by atoms with Gasteiger partial charge in [-0.1, -0.05) is 0 Å². The van der Waals surface area contributed by atoms with Gasteiger partial charge in [-0.25, -0.2) is 10.9 Å².